The van der Waals surface area contributed by atoms with Crippen LogP contribution in [0.4, 0.5) is 0 Å². The number of alkyl halides is 1. The van der Waals surface area contributed by atoms with Gasteiger partial charge >= 0.3 is 0 Å². The standard InChI is InChI=1S/C11H19ClN2O/c1-13-6-2-3-10(8-13)14(9-4-5-9)11(15)7-12/h9-10H,2-8H2,1H3. The molecule has 2 rings (SSSR count). The monoisotopic (exact) mass is 230 g/mol. The summed E-state index contributed by atoms with van der Waals surface area (Å²) in [5.41, 5.74) is 0. The van der Waals surface area contributed by atoms with E-state index in [9.17, 15) is 4.79 Å². The third-order valence-corrected chi connectivity index (χ3v) is 3.56. The summed E-state index contributed by atoms with van der Waals surface area (Å²) in [5.74, 6) is 0.260. The minimum absolute atomic E-state index is 0.125. The van der Waals surface area contributed by atoms with Crippen LogP contribution in [0.5, 0.6) is 0 Å². The molecule has 0 N–H and O–H groups in total. The topological polar surface area (TPSA) is 23.6 Å². The van der Waals surface area contributed by atoms with Gasteiger partial charge in [0.1, 0.15) is 5.88 Å². The Morgan fingerprint density at radius 1 is 1.40 bits per heavy atom. The van der Waals surface area contributed by atoms with Gasteiger partial charge in [-0.3, -0.25) is 4.79 Å². The second-order valence-electron chi connectivity index (χ2n) is 4.72. The Labute approximate surface area is 96.4 Å². The fourth-order valence-corrected chi connectivity index (χ4v) is 2.63. The van der Waals surface area contributed by atoms with Gasteiger partial charge in [-0.15, -0.1) is 11.6 Å². The van der Waals surface area contributed by atoms with E-state index in [0.717, 1.165) is 19.5 Å². The summed E-state index contributed by atoms with van der Waals surface area (Å²) in [6.07, 6.45) is 4.68. The lowest BCUT2D eigenvalue weighted by Crippen LogP contribution is -2.50. The molecule has 0 bridgehead atoms. The number of piperidine rings is 1. The number of likely N-dealkylation sites (N-methyl/N-ethyl adjacent to an activating group) is 1. The Kier molecular flexibility index (Phi) is 3.52. The van der Waals surface area contributed by atoms with Crippen molar-refractivity contribution >= 4 is 17.5 Å². The molecule has 1 unspecified atom stereocenters. The predicted molar refractivity (Wildman–Crippen MR) is 61.1 cm³/mol. The number of rotatable bonds is 3. The molecule has 4 heteroatoms. The van der Waals surface area contributed by atoms with Crippen LogP contribution in [0.2, 0.25) is 0 Å². The van der Waals surface area contributed by atoms with E-state index >= 15 is 0 Å². The zero-order valence-corrected chi connectivity index (χ0v) is 10.0. The highest BCUT2D eigenvalue weighted by molar-refractivity contribution is 6.27. The molecule has 86 valence electrons. The van der Waals surface area contributed by atoms with Crippen molar-refractivity contribution < 1.29 is 4.79 Å². The van der Waals surface area contributed by atoms with Gasteiger partial charge < -0.3 is 9.80 Å². The molecule has 0 spiro atoms. The Bertz CT molecular complexity index is 243. The lowest BCUT2D eigenvalue weighted by atomic mass is 10.0. The molecule has 1 saturated heterocycles. The Balaban J connectivity index is 1.99. The van der Waals surface area contributed by atoms with Gasteiger partial charge in [-0.2, -0.15) is 0 Å². The van der Waals surface area contributed by atoms with Gasteiger partial charge in [-0.1, -0.05) is 0 Å². The van der Waals surface area contributed by atoms with Crippen molar-refractivity contribution in [2.45, 2.75) is 37.8 Å². The second-order valence-corrected chi connectivity index (χ2v) is 4.99. The molecule has 0 aromatic rings. The zero-order valence-electron chi connectivity index (χ0n) is 9.29. The van der Waals surface area contributed by atoms with Crippen molar-refractivity contribution in [2.24, 2.45) is 0 Å². The molecule has 0 aromatic heterocycles. The molecule has 1 amide bonds. The number of hydrogen-bond acceptors (Lipinski definition) is 2. The van der Waals surface area contributed by atoms with Crippen molar-refractivity contribution in [3.63, 3.8) is 0 Å². The Hall–Kier alpha value is -0.280. The molecular weight excluding hydrogens is 212 g/mol. The molecule has 0 aromatic carbocycles. The molecule has 0 radical (unpaired) electrons. The van der Waals surface area contributed by atoms with Crippen molar-refractivity contribution in [3.8, 4) is 0 Å². The van der Waals surface area contributed by atoms with E-state index < -0.39 is 0 Å². The third-order valence-electron chi connectivity index (χ3n) is 3.34. The van der Waals surface area contributed by atoms with Gasteiger partial charge in [0.2, 0.25) is 5.91 Å². The molecule has 2 aliphatic rings. The van der Waals surface area contributed by atoms with Gasteiger partial charge in [-0.25, -0.2) is 0 Å². The van der Waals surface area contributed by atoms with Crippen LogP contribution in [0, 0.1) is 0 Å². The first-order chi connectivity index (χ1) is 7.22. The van der Waals surface area contributed by atoms with Crippen molar-refractivity contribution in [1.29, 1.82) is 0 Å². The smallest absolute Gasteiger partial charge is 0.238 e. The maximum Gasteiger partial charge on any atom is 0.238 e. The minimum Gasteiger partial charge on any atom is -0.334 e. The highest BCUT2D eigenvalue weighted by atomic mass is 35.5. The number of nitrogens with zero attached hydrogens (tertiary/aromatic N) is 2. The fourth-order valence-electron chi connectivity index (χ4n) is 2.49. The van der Waals surface area contributed by atoms with Gasteiger partial charge in [0, 0.05) is 18.6 Å². The van der Waals surface area contributed by atoms with E-state index in [1.807, 2.05) is 0 Å². The van der Waals surface area contributed by atoms with Gasteiger partial charge in [0.05, 0.1) is 0 Å². The van der Waals surface area contributed by atoms with Crippen LogP contribution in [-0.4, -0.2) is 53.8 Å². The average molecular weight is 231 g/mol. The fraction of sp³-hybridized carbons (Fsp3) is 0.909. The first-order valence-electron chi connectivity index (χ1n) is 5.78. The summed E-state index contributed by atoms with van der Waals surface area (Å²) >= 11 is 5.67. The molecule has 1 heterocycles. The largest absolute Gasteiger partial charge is 0.334 e. The average Bonchev–Trinajstić information content (AvgIpc) is 3.02. The maximum absolute atomic E-state index is 11.8. The Morgan fingerprint density at radius 2 is 2.13 bits per heavy atom. The number of amides is 1. The number of halogens is 1. The molecule has 2 fully saturated rings. The summed E-state index contributed by atoms with van der Waals surface area (Å²) < 4.78 is 0. The molecular formula is C11H19ClN2O. The van der Waals surface area contributed by atoms with Crippen LogP contribution in [-0.2, 0) is 4.79 Å². The van der Waals surface area contributed by atoms with Crippen LogP contribution in [0.25, 0.3) is 0 Å². The minimum atomic E-state index is 0.125. The number of hydrogen-bond donors (Lipinski definition) is 0. The van der Waals surface area contributed by atoms with Crippen LogP contribution in [0.3, 0.4) is 0 Å². The first-order valence-corrected chi connectivity index (χ1v) is 6.31. The van der Waals surface area contributed by atoms with E-state index in [4.69, 9.17) is 11.6 Å². The normalized spacial score (nSPS) is 27.7. The SMILES string of the molecule is CN1CCCC(N(C(=O)CCl)C2CC2)C1. The molecule has 15 heavy (non-hydrogen) atoms. The summed E-state index contributed by atoms with van der Waals surface area (Å²) in [5, 5.41) is 0. The second kappa shape index (κ2) is 4.71. The predicted octanol–water partition coefficient (Wildman–Crippen LogP) is 1.31. The summed E-state index contributed by atoms with van der Waals surface area (Å²) in [6.45, 7) is 2.17. The summed E-state index contributed by atoms with van der Waals surface area (Å²) in [4.78, 5) is 16.1. The van der Waals surface area contributed by atoms with E-state index in [0.29, 0.717) is 12.1 Å². The lowest BCUT2D eigenvalue weighted by molar-refractivity contribution is -0.132. The number of carbonyl (C=O) groups is 1. The number of carbonyl (C=O) groups excluding carboxylic acids is 1. The highest BCUT2D eigenvalue weighted by Gasteiger charge is 2.37. The van der Waals surface area contributed by atoms with E-state index in [1.54, 1.807) is 0 Å². The van der Waals surface area contributed by atoms with Gasteiger partial charge in [0.25, 0.3) is 0 Å². The highest BCUT2D eigenvalue weighted by Crippen LogP contribution is 2.31. The van der Waals surface area contributed by atoms with E-state index in [1.165, 1.54) is 19.3 Å². The lowest BCUT2D eigenvalue weighted by Gasteiger charge is -2.38. The molecule has 1 aliphatic heterocycles. The van der Waals surface area contributed by atoms with Crippen LogP contribution in [0.1, 0.15) is 25.7 Å². The summed E-state index contributed by atoms with van der Waals surface area (Å²) in [7, 11) is 2.13. The molecule has 1 saturated carbocycles. The first kappa shape index (κ1) is 11.2. The zero-order chi connectivity index (χ0) is 10.8. The van der Waals surface area contributed by atoms with Crippen LogP contribution < -0.4 is 0 Å². The van der Waals surface area contributed by atoms with Crippen LogP contribution >= 0.6 is 11.6 Å². The quantitative estimate of drug-likeness (QED) is 0.683. The van der Waals surface area contributed by atoms with Crippen molar-refractivity contribution in [1.82, 2.24) is 9.80 Å². The van der Waals surface area contributed by atoms with E-state index in [-0.39, 0.29) is 11.8 Å². The van der Waals surface area contributed by atoms with Crippen LogP contribution in [0.15, 0.2) is 0 Å². The van der Waals surface area contributed by atoms with Crippen molar-refractivity contribution in [2.75, 3.05) is 26.0 Å². The molecule has 3 nitrogen and oxygen atoms in total. The third kappa shape index (κ3) is 2.64. The number of likely N-dealkylation sites (tertiary alicyclic amines) is 1. The van der Waals surface area contributed by atoms with E-state index in [2.05, 4.69) is 16.8 Å². The van der Waals surface area contributed by atoms with Gasteiger partial charge in [0.15, 0.2) is 0 Å². The maximum atomic E-state index is 11.8. The Morgan fingerprint density at radius 3 is 2.67 bits per heavy atom. The van der Waals surface area contributed by atoms with Gasteiger partial charge in [-0.05, 0) is 39.3 Å². The van der Waals surface area contributed by atoms with Crippen molar-refractivity contribution in [3.05, 3.63) is 0 Å². The molecule has 1 atom stereocenters. The summed E-state index contributed by atoms with van der Waals surface area (Å²) in [6, 6.07) is 0.898. The molecule has 1 aliphatic carbocycles.